The molecule has 1 aromatic heterocycles. The number of hydrogen-bond acceptors (Lipinski definition) is 3. The van der Waals surface area contributed by atoms with Crippen molar-refractivity contribution in [1.82, 2.24) is 4.98 Å². The number of fused-ring (bicyclic) bond motifs is 2. The maximum Gasteiger partial charge on any atom is 0.215 e. The normalized spacial score (nSPS) is 13.5. The van der Waals surface area contributed by atoms with Gasteiger partial charge in [-0.1, -0.05) is 0 Å². The molecule has 2 heterocycles. The molecule has 0 amide bonds. The molecular weight excluding hydrogens is 506 g/mol. The van der Waals surface area contributed by atoms with E-state index in [9.17, 15) is 9.90 Å². The molecule has 3 aromatic rings. The van der Waals surface area contributed by atoms with Crippen LogP contribution in [0.2, 0.25) is 0 Å². The Bertz CT molecular complexity index is 989. The van der Waals surface area contributed by atoms with Crippen LogP contribution in [0.1, 0.15) is 16.1 Å². The zero-order valence-corrected chi connectivity index (χ0v) is 15.3. The molecule has 1 aliphatic rings. The van der Waals surface area contributed by atoms with Crippen molar-refractivity contribution in [3.8, 4) is 5.75 Å². The molecule has 0 aliphatic carbocycles. The number of benzene rings is 2. The van der Waals surface area contributed by atoms with Crippen molar-refractivity contribution < 1.29 is 9.90 Å². The van der Waals surface area contributed by atoms with Crippen molar-refractivity contribution in [2.45, 2.75) is 0 Å². The maximum absolute atomic E-state index is 12.5. The molecule has 108 valence electrons. The minimum Gasteiger partial charge on any atom is -0.505 e. The Morgan fingerprint density at radius 1 is 1.05 bits per heavy atom. The first kappa shape index (κ1) is 14.2. The largest absolute Gasteiger partial charge is 0.505 e. The van der Waals surface area contributed by atoms with Crippen LogP contribution in [-0.4, -0.2) is 21.6 Å². The minimum absolute atomic E-state index is 0.0704. The summed E-state index contributed by atoms with van der Waals surface area (Å²) in [6, 6.07) is 11.2. The van der Waals surface area contributed by atoms with Crippen LogP contribution in [0.5, 0.6) is 5.75 Å². The highest BCUT2D eigenvalue weighted by Crippen LogP contribution is 2.36. The van der Waals surface area contributed by atoms with Crippen molar-refractivity contribution in [3.63, 3.8) is 0 Å². The van der Waals surface area contributed by atoms with Gasteiger partial charge < -0.3 is 10.1 Å². The smallest absolute Gasteiger partial charge is 0.215 e. The number of halogens is 2. The Hall–Kier alpha value is -1.42. The standard InChI is InChI=1S/C16H8I2N2O2/c17-7-1-3-9-11(5-7)19-13(15(9)21)14-16(22)10-4-2-8(18)6-12(10)20-14/h1-6,19,21H. The monoisotopic (exact) mass is 514 g/mol. The number of aromatic nitrogens is 1. The number of ketones is 1. The topological polar surface area (TPSA) is 65.5 Å². The van der Waals surface area contributed by atoms with E-state index in [1.54, 1.807) is 6.07 Å². The molecule has 4 nitrogen and oxygen atoms in total. The molecule has 1 aliphatic heterocycles. The summed E-state index contributed by atoms with van der Waals surface area (Å²) in [6.07, 6.45) is 0. The predicted octanol–water partition coefficient (Wildman–Crippen LogP) is 4.40. The number of nitrogens with zero attached hydrogens (tertiary/aromatic N) is 1. The summed E-state index contributed by atoms with van der Waals surface area (Å²) in [6.45, 7) is 0. The number of H-pyrrole nitrogens is 1. The Balaban J connectivity index is 1.92. The Morgan fingerprint density at radius 2 is 1.77 bits per heavy atom. The van der Waals surface area contributed by atoms with Gasteiger partial charge >= 0.3 is 0 Å². The Morgan fingerprint density at radius 3 is 2.59 bits per heavy atom. The number of hydrogen-bond donors (Lipinski definition) is 2. The fourth-order valence-corrected chi connectivity index (χ4v) is 3.55. The second kappa shape index (κ2) is 5.05. The molecule has 0 spiro atoms. The summed E-state index contributed by atoms with van der Waals surface area (Å²) in [4.78, 5) is 20.1. The summed E-state index contributed by atoms with van der Waals surface area (Å²) in [5.41, 5.74) is 2.66. The maximum atomic E-state index is 12.5. The van der Waals surface area contributed by atoms with E-state index >= 15 is 0 Å². The van der Waals surface area contributed by atoms with Gasteiger partial charge in [0.2, 0.25) is 5.78 Å². The first-order valence-corrected chi connectivity index (χ1v) is 8.64. The van der Waals surface area contributed by atoms with Gasteiger partial charge in [-0.15, -0.1) is 0 Å². The van der Waals surface area contributed by atoms with Crippen LogP contribution in [0.15, 0.2) is 41.4 Å². The fourth-order valence-electron chi connectivity index (χ4n) is 2.58. The highest BCUT2D eigenvalue weighted by atomic mass is 127. The van der Waals surface area contributed by atoms with Crippen LogP contribution in [0.25, 0.3) is 10.9 Å². The van der Waals surface area contributed by atoms with Crippen LogP contribution >= 0.6 is 45.2 Å². The van der Waals surface area contributed by atoms with Gasteiger partial charge in [-0.25, -0.2) is 4.99 Å². The average Bonchev–Trinajstić information content (AvgIpc) is 2.96. The highest BCUT2D eigenvalue weighted by Gasteiger charge is 2.29. The second-order valence-corrected chi connectivity index (χ2v) is 7.48. The van der Waals surface area contributed by atoms with E-state index in [2.05, 4.69) is 55.2 Å². The number of carbonyl (C=O) groups is 1. The molecule has 2 N–H and O–H groups in total. The van der Waals surface area contributed by atoms with Crippen LogP contribution in [0.4, 0.5) is 5.69 Å². The number of nitrogens with one attached hydrogen (secondary N) is 1. The van der Waals surface area contributed by atoms with E-state index in [1.165, 1.54) is 0 Å². The third kappa shape index (κ3) is 2.08. The van der Waals surface area contributed by atoms with E-state index in [4.69, 9.17) is 0 Å². The Labute approximate surface area is 152 Å². The molecule has 6 heteroatoms. The second-order valence-electron chi connectivity index (χ2n) is 4.99. The van der Waals surface area contributed by atoms with E-state index in [1.807, 2.05) is 30.3 Å². The number of aromatic hydroxyl groups is 1. The molecule has 0 radical (unpaired) electrons. The van der Waals surface area contributed by atoms with Gasteiger partial charge in [-0.2, -0.15) is 0 Å². The minimum atomic E-state index is -0.164. The van der Waals surface area contributed by atoms with E-state index < -0.39 is 0 Å². The number of aromatic amines is 1. The molecule has 0 fully saturated rings. The SMILES string of the molecule is O=C1C(c2[nH]c3cc(I)ccc3c2O)=Nc2cc(I)ccc21. The third-order valence-corrected chi connectivity index (χ3v) is 4.96. The lowest BCUT2D eigenvalue weighted by Crippen LogP contribution is -2.11. The van der Waals surface area contributed by atoms with E-state index in [-0.39, 0.29) is 17.2 Å². The van der Waals surface area contributed by atoms with E-state index in [0.717, 1.165) is 12.7 Å². The lowest BCUT2D eigenvalue weighted by atomic mass is 10.1. The summed E-state index contributed by atoms with van der Waals surface area (Å²) in [5, 5.41) is 11.1. The first-order chi connectivity index (χ1) is 10.5. The molecule has 0 atom stereocenters. The van der Waals surface area contributed by atoms with Gasteiger partial charge in [0.05, 0.1) is 16.8 Å². The highest BCUT2D eigenvalue weighted by molar-refractivity contribution is 14.1. The van der Waals surface area contributed by atoms with Gasteiger partial charge in [0, 0.05) is 12.5 Å². The van der Waals surface area contributed by atoms with Gasteiger partial charge in [-0.3, -0.25) is 4.79 Å². The van der Waals surface area contributed by atoms with Crippen molar-refractivity contribution in [1.29, 1.82) is 0 Å². The molecule has 0 bridgehead atoms. The lowest BCUT2D eigenvalue weighted by Gasteiger charge is -1.97. The van der Waals surface area contributed by atoms with Crippen molar-refractivity contribution in [3.05, 3.63) is 54.8 Å². The van der Waals surface area contributed by atoms with Gasteiger partial charge in [0.15, 0.2) is 5.75 Å². The molecule has 2 aromatic carbocycles. The zero-order valence-electron chi connectivity index (χ0n) is 11.0. The van der Waals surface area contributed by atoms with Crippen LogP contribution in [0.3, 0.4) is 0 Å². The zero-order chi connectivity index (χ0) is 15.4. The Kier molecular flexibility index (Phi) is 3.26. The summed E-state index contributed by atoms with van der Waals surface area (Å²) >= 11 is 4.39. The number of Topliss-reactive ketones (excluding diaryl/α,β-unsaturated/α-hetero) is 1. The summed E-state index contributed by atoms with van der Waals surface area (Å²) in [7, 11) is 0. The lowest BCUT2D eigenvalue weighted by molar-refractivity contribution is 0.107. The van der Waals surface area contributed by atoms with Crippen molar-refractivity contribution in [2.24, 2.45) is 4.99 Å². The van der Waals surface area contributed by atoms with Gasteiger partial charge in [0.1, 0.15) is 11.4 Å². The predicted molar refractivity (Wildman–Crippen MR) is 102 cm³/mol. The molecule has 0 unspecified atom stereocenters. The average molecular weight is 514 g/mol. The molecular formula is C16H8I2N2O2. The molecule has 4 rings (SSSR count). The first-order valence-electron chi connectivity index (χ1n) is 6.48. The van der Waals surface area contributed by atoms with Crippen LogP contribution in [-0.2, 0) is 0 Å². The van der Waals surface area contributed by atoms with Crippen molar-refractivity contribution >= 4 is 73.3 Å². The van der Waals surface area contributed by atoms with Crippen LogP contribution in [0, 0.1) is 7.14 Å². The summed E-state index contributed by atoms with van der Waals surface area (Å²) in [5.74, 6) is -0.0936. The molecule has 0 saturated heterocycles. The third-order valence-electron chi connectivity index (χ3n) is 3.62. The van der Waals surface area contributed by atoms with Crippen molar-refractivity contribution in [2.75, 3.05) is 0 Å². The van der Waals surface area contributed by atoms with Gasteiger partial charge in [0.25, 0.3) is 0 Å². The number of aliphatic imine (C=N–C) groups is 1. The van der Waals surface area contributed by atoms with E-state index in [0.29, 0.717) is 22.3 Å². The number of carbonyl (C=O) groups excluding carboxylic acids is 1. The number of rotatable bonds is 1. The fraction of sp³-hybridized carbons (Fsp3) is 0. The van der Waals surface area contributed by atoms with Gasteiger partial charge in [-0.05, 0) is 81.6 Å². The summed E-state index contributed by atoms with van der Waals surface area (Å²) < 4.78 is 2.07. The van der Waals surface area contributed by atoms with Crippen LogP contribution < -0.4 is 0 Å². The molecule has 0 saturated carbocycles. The quantitative estimate of drug-likeness (QED) is 0.474. The molecule has 22 heavy (non-hydrogen) atoms.